The molecule has 8 heteroatoms. The van der Waals surface area contributed by atoms with Gasteiger partial charge in [0.15, 0.2) is 0 Å². The Morgan fingerprint density at radius 3 is 2.45 bits per heavy atom. The highest BCUT2D eigenvalue weighted by atomic mass is 19.1. The van der Waals surface area contributed by atoms with Gasteiger partial charge in [0, 0.05) is 12.1 Å². The Labute approximate surface area is 168 Å². The van der Waals surface area contributed by atoms with E-state index in [4.69, 9.17) is 4.74 Å². The molecule has 0 fully saturated rings. The van der Waals surface area contributed by atoms with E-state index < -0.39 is 29.8 Å². The Balaban J connectivity index is 1.92. The van der Waals surface area contributed by atoms with Crippen LogP contribution in [0.5, 0.6) is 0 Å². The third-order valence-electron chi connectivity index (χ3n) is 4.15. The van der Waals surface area contributed by atoms with E-state index in [1.165, 1.54) is 12.1 Å². The van der Waals surface area contributed by atoms with Gasteiger partial charge in [0.05, 0.1) is 7.11 Å². The van der Waals surface area contributed by atoms with Crippen LogP contribution in [0.4, 0.5) is 9.18 Å². The van der Waals surface area contributed by atoms with Crippen molar-refractivity contribution in [2.75, 3.05) is 13.7 Å². The smallest absolute Gasteiger partial charge is 0.408 e. The van der Waals surface area contributed by atoms with Crippen molar-refractivity contribution in [2.24, 2.45) is 0 Å². The summed E-state index contributed by atoms with van der Waals surface area (Å²) in [6.45, 7) is 1.58. The van der Waals surface area contributed by atoms with Crippen molar-refractivity contribution in [1.29, 1.82) is 0 Å². The molecule has 7 nitrogen and oxygen atoms in total. The molecule has 2 aromatic rings. The molecule has 2 rings (SSSR count). The summed E-state index contributed by atoms with van der Waals surface area (Å²) in [6.07, 6.45) is -0.329. The molecular formula is C21H23FN2O5. The van der Waals surface area contributed by atoms with Gasteiger partial charge in [-0.3, -0.25) is 4.79 Å². The maximum Gasteiger partial charge on any atom is 0.408 e. The molecule has 2 aromatic carbocycles. The predicted octanol–water partition coefficient (Wildman–Crippen LogP) is 2.59. The lowest BCUT2D eigenvalue weighted by Crippen LogP contribution is -2.49. The molecule has 0 aliphatic heterocycles. The summed E-state index contributed by atoms with van der Waals surface area (Å²) in [5.41, 5.74) is 1.38. The number of hydrogen-bond donors (Lipinski definition) is 2. The Morgan fingerprint density at radius 2 is 1.83 bits per heavy atom. The SMILES string of the molecule is CCc1ccc(C(=O)NC[C@@H](NC(=O)OCc2ccccc2)C(=O)OC)cc1F. The minimum atomic E-state index is -1.16. The number of carbonyl (C=O) groups excluding carboxylic acids is 3. The molecule has 0 aromatic heterocycles. The third kappa shape index (κ3) is 6.60. The Hall–Kier alpha value is -3.42. The molecule has 154 valence electrons. The zero-order chi connectivity index (χ0) is 21.2. The van der Waals surface area contributed by atoms with Crippen LogP contribution in [0, 0.1) is 5.82 Å². The minimum Gasteiger partial charge on any atom is -0.467 e. The third-order valence-corrected chi connectivity index (χ3v) is 4.15. The van der Waals surface area contributed by atoms with Crippen molar-refractivity contribution in [3.63, 3.8) is 0 Å². The van der Waals surface area contributed by atoms with Crippen LogP contribution in [-0.4, -0.2) is 37.7 Å². The van der Waals surface area contributed by atoms with Gasteiger partial charge in [-0.1, -0.05) is 43.3 Å². The summed E-state index contributed by atoms with van der Waals surface area (Å²) >= 11 is 0. The van der Waals surface area contributed by atoms with Crippen LogP contribution in [0.3, 0.4) is 0 Å². The first-order chi connectivity index (χ1) is 13.9. The Morgan fingerprint density at radius 1 is 1.10 bits per heavy atom. The van der Waals surface area contributed by atoms with Gasteiger partial charge < -0.3 is 20.1 Å². The molecular weight excluding hydrogens is 379 g/mol. The average molecular weight is 402 g/mol. The lowest BCUT2D eigenvalue weighted by molar-refractivity contribution is -0.142. The molecule has 0 aliphatic carbocycles. The van der Waals surface area contributed by atoms with E-state index in [0.717, 1.165) is 18.7 Å². The van der Waals surface area contributed by atoms with Crippen molar-refractivity contribution in [1.82, 2.24) is 10.6 Å². The maximum absolute atomic E-state index is 13.9. The van der Waals surface area contributed by atoms with Crippen LogP contribution in [0.1, 0.15) is 28.4 Å². The molecule has 0 aliphatic rings. The summed E-state index contributed by atoms with van der Waals surface area (Å²) < 4.78 is 23.6. The Kier molecular flexibility index (Phi) is 8.14. The first kappa shape index (κ1) is 21.9. The number of halogens is 1. The number of nitrogens with one attached hydrogen (secondary N) is 2. The summed E-state index contributed by atoms with van der Waals surface area (Å²) in [5.74, 6) is -1.82. The lowest BCUT2D eigenvalue weighted by Gasteiger charge is -2.17. The van der Waals surface area contributed by atoms with Gasteiger partial charge in [-0.05, 0) is 29.7 Å². The summed E-state index contributed by atoms with van der Waals surface area (Å²) in [4.78, 5) is 36.1. The van der Waals surface area contributed by atoms with Crippen LogP contribution in [0.15, 0.2) is 48.5 Å². The number of methoxy groups -OCH3 is 1. The van der Waals surface area contributed by atoms with Crippen LogP contribution in [0.25, 0.3) is 0 Å². The number of alkyl carbamates (subject to hydrolysis) is 1. The average Bonchev–Trinajstić information content (AvgIpc) is 2.75. The highest BCUT2D eigenvalue weighted by Gasteiger charge is 2.23. The predicted molar refractivity (Wildman–Crippen MR) is 104 cm³/mol. The van der Waals surface area contributed by atoms with E-state index in [0.29, 0.717) is 12.0 Å². The second kappa shape index (κ2) is 10.8. The second-order valence-corrected chi connectivity index (χ2v) is 6.15. The summed E-state index contributed by atoms with van der Waals surface area (Å²) in [6, 6.07) is 12.0. The standard InChI is InChI=1S/C21H23FN2O5/c1-3-15-9-10-16(11-17(15)22)19(25)23-12-18(20(26)28-2)24-21(27)29-13-14-7-5-4-6-8-14/h4-11,18H,3,12-13H2,1-2H3,(H,23,25)(H,24,27)/t18-/m1/s1. The van der Waals surface area contributed by atoms with Gasteiger partial charge >= 0.3 is 12.1 Å². The molecule has 0 heterocycles. The van der Waals surface area contributed by atoms with E-state index in [9.17, 15) is 18.8 Å². The van der Waals surface area contributed by atoms with E-state index in [1.807, 2.05) is 13.0 Å². The monoisotopic (exact) mass is 402 g/mol. The Bertz CT molecular complexity index is 857. The molecule has 1 atom stereocenters. The molecule has 2 amide bonds. The first-order valence-electron chi connectivity index (χ1n) is 9.06. The highest BCUT2D eigenvalue weighted by molar-refractivity contribution is 5.94. The van der Waals surface area contributed by atoms with Gasteiger partial charge in [0.2, 0.25) is 0 Å². The van der Waals surface area contributed by atoms with E-state index in [1.54, 1.807) is 24.3 Å². The van der Waals surface area contributed by atoms with Gasteiger partial charge in [-0.2, -0.15) is 0 Å². The fourth-order valence-electron chi connectivity index (χ4n) is 2.51. The van der Waals surface area contributed by atoms with E-state index >= 15 is 0 Å². The maximum atomic E-state index is 13.9. The second-order valence-electron chi connectivity index (χ2n) is 6.15. The van der Waals surface area contributed by atoms with Crippen LogP contribution >= 0.6 is 0 Å². The van der Waals surface area contributed by atoms with Crippen molar-refractivity contribution < 1.29 is 28.2 Å². The fraction of sp³-hybridized carbons (Fsp3) is 0.286. The zero-order valence-electron chi connectivity index (χ0n) is 16.2. The number of benzene rings is 2. The van der Waals surface area contributed by atoms with Crippen molar-refractivity contribution in [2.45, 2.75) is 26.0 Å². The van der Waals surface area contributed by atoms with Gasteiger partial charge in [-0.25, -0.2) is 14.0 Å². The van der Waals surface area contributed by atoms with Crippen molar-refractivity contribution >= 4 is 18.0 Å². The fourth-order valence-corrected chi connectivity index (χ4v) is 2.51. The number of amides is 2. The molecule has 2 N–H and O–H groups in total. The van der Waals surface area contributed by atoms with Crippen LogP contribution in [-0.2, 0) is 27.3 Å². The molecule has 0 bridgehead atoms. The zero-order valence-corrected chi connectivity index (χ0v) is 16.2. The normalized spacial score (nSPS) is 11.3. The first-order valence-corrected chi connectivity index (χ1v) is 9.06. The quantitative estimate of drug-likeness (QED) is 0.662. The number of carbonyl (C=O) groups is 3. The highest BCUT2D eigenvalue weighted by Crippen LogP contribution is 2.11. The molecule has 0 radical (unpaired) electrons. The number of aryl methyl sites for hydroxylation is 1. The van der Waals surface area contributed by atoms with Crippen molar-refractivity contribution in [3.8, 4) is 0 Å². The topological polar surface area (TPSA) is 93.7 Å². The molecule has 29 heavy (non-hydrogen) atoms. The van der Waals surface area contributed by atoms with Gasteiger partial charge in [-0.15, -0.1) is 0 Å². The van der Waals surface area contributed by atoms with Gasteiger partial charge in [0.25, 0.3) is 5.91 Å². The summed E-state index contributed by atoms with van der Waals surface area (Å²) in [7, 11) is 1.16. The van der Waals surface area contributed by atoms with E-state index in [-0.39, 0.29) is 18.7 Å². The molecule has 0 saturated heterocycles. The van der Waals surface area contributed by atoms with Crippen LogP contribution < -0.4 is 10.6 Å². The largest absolute Gasteiger partial charge is 0.467 e. The number of esters is 1. The van der Waals surface area contributed by atoms with E-state index in [2.05, 4.69) is 15.4 Å². The number of hydrogen-bond acceptors (Lipinski definition) is 5. The molecule has 0 unspecified atom stereocenters. The van der Waals surface area contributed by atoms with Crippen molar-refractivity contribution in [3.05, 3.63) is 71.0 Å². The summed E-state index contributed by atoms with van der Waals surface area (Å²) in [5, 5.41) is 4.83. The number of ether oxygens (including phenoxy) is 2. The van der Waals surface area contributed by atoms with Gasteiger partial charge in [0.1, 0.15) is 18.5 Å². The number of rotatable bonds is 8. The minimum absolute atomic E-state index is 0.0238. The van der Waals surface area contributed by atoms with Crippen LogP contribution in [0.2, 0.25) is 0 Å². The molecule has 0 saturated carbocycles. The lowest BCUT2D eigenvalue weighted by atomic mass is 10.1. The molecule has 0 spiro atoms.